The third kappa shape index (κ3) is 3.33. The normalized spacial score (nSPS) is 17.2. The minimum absolute atomic E-state index is 0.00846. The number of amides is 1. The van der Waals surface area contributed by atoms with Gasteiger partial charge in [0.15, 0.2) is 5.82 Å². The zero-order chi connectivity index (χ0) is 17.1. The number of fused-ring (bicyclic) bond motifs is 1. The Morgan fingerprint density at radius 3 is 2.92 bits per heavy atom. The topological polar surface area (TPSA) is 70.7 Å². The zero-order valence-electron chi connectivity index (χ0n) is 13.9. The van der Waals surface area contributed by atoms with E-state index < -0.39 is 0 Å². The molecular formula is C19H20N4O2. The van der Waals surface area contributed by atoms with Crippen molar-refractivity contribution in [2.45, 2.75) is 19.3 Å². The predicted molar refractivity (Wildman–Crippen MR) is 97.7 cm³/mol. The first-order valence-electron chi connectivity index (χ1n) is 8.57. The second-order valence-corrected chi connectivity index (χ2v) is 6.34. The molecule has 25 heavy (non-hydrogen) atoms. The summed E-state index contributed by atoms with van der Waals surface area (Å²) in [5.74, 6) is 0.508. The summed E-state index contributed by atoms with van der Waals surface area (Å²) >= 11 is 0. The maximum absolute atomic E-state index is 12.3. The lowest BCUT2D eigenvalue weighted by molar-refractivity contribution is -0.120. The Balaban J connectivity index is 1.43. The molecule has 0 radical (unpaired) electrons. The summed E-state index contributed by atoms with van der Waals surface area (Å²) in [6, 6.07) is 8.06. The number of hydrogen-bond donors (Lipinski definition) is 1. The standard InChI is InChI=1S/C19H20N4O2/c24-19(21-18-8-13-25-22-18)15-6-11-23(12-7-15)17-3-1-2-14-4-9-20-10-5-16(14)17/h1-3,5,8-10,13,15H,4,6-7,11-12H2,(H,21,22,24). The molecule has 128 valence electrons. The van der Waals surface area contributed by atoms with Crippen molar-refractivity contribution < 1.29 is 9.32 Å². The van der Waals surface area contributed by atoms with E-state index in [9.17, 15) is 4.79 Å². The molecule has 0 atom stereocenters. The monoisotopic (exact) mass is 336 g/mol. The maximum atomic E-state index is 12.3. The van der Waals surface area contributed by atoms with Gasteiger partial charge in [-0.05, 0) is 30.5 Å². The third-order valence-electron chi connectivity index (χ3n) is 4.81. The number of nitrogens with one attached hydrogen (secondary N) is 1. The van der Waals surface area contributed by atoms with Crippen molar-refractivity contribution in [3.63, 3.8) is 0 Å². The number of nitrogens with zero attached hydrogens (tertiary/aromatic N) is 3. The quantitative estimate of drug-likeness (QED) is 0.935. The van der Waals surface area contributed by atoms with Gasteiger partial charge in [-0.3, -0.25) is 9.79 Å². The molecule has 6 heteroatoms. The Hall–Kier alpha value is -2.89. The third-order valence-corrected chi connectivity index (χ3v) is 4.81. The molecule has 1 saturated heterocycles. The number of hydrogen-bond acceptors (Lipinski definition) is 5. The SMILES string of the molecule is O=C(Nc1ccon1)C1CCN(c2cccc3c2C=CN=CC3)CC1. The summed E-state index contributed by atoms with van der Waals surface area (Å²) in [6.07, 6.45) is 9.84. The van der Waals surface area contributed by atoms with Crippen molar-refractivity contribution in [3.05, 3.63) is 47.9 Å². The van der Waals surface area contributed by atoms with Gasteiger partial charge in [0.25, 0.3) is 0 Å². The molecule has 6 nitrogen and oxygen atoms in total. The van der Waals surface area contributed by atoms with Crippen LogP contribution in [0.15, 0.2) is 46.2 Å². The van der Waals surface area contributed by atoms with Gasteiger partial charge < -0.3 is 14.7 Å². The second-order valence-electron chi connectivity index (χ2n) is 6.34. The number of piperidine rings is 1. The number of carbonyl (C=O) groups is 1. The smallest absolute Gasteiger partial charge is 0.228 e. The van der Waals surface area contributed by atoms with Crippen molar-refractivity contribution in [1.29, 1.82) is 0 Å². The molecule has 4 rings (SSSR count). The van der Waals surface area contributed by atoms with Crippen LogP contribution in [-0.4, -0.2) is 30.4 Å². The molecule has 0 unspecified atom stereocenters. The van der Waals surface area contributed by atoms with Crippen molar-refractivity contribution in [1.82, 2.24) is 5.16 Å². The number of benzene rings is 1. The van der Waals surface area contributed by atoms with Gasteiger partial charge >= 0.3 is 0 Å². The van der Waals surface area contributed by atoms with E-state index in [0.717, 1.165) is 32.4 Å². The lowest BCUT2D eigenvalue weighted by Crippen LogP contribution is -2.38. The van der Waals surface area contributed by atoms with E-state index in [2.05, 4.69) is 44.6 Å². The fourth-order valence-corrected chi connectivity index (χ4v) is 3.46. The fraction of sp³-hybridized carbons (Fsp3) is 0.316. The van der Waals surface area contributed by atoms with Crippen molar-refractivity contribution in [2.24, 2.45) is 10.9 Å². The molecule has 0 bridgehead atoms. The number of anilines is 2. The highest BCUT2D eigenvalue weighted by atomic mass is 16.5. The number of aliphatic imine (C=N–C) groups is 1. The Kier molecular flexibility index (Phi) is 4.33. The molecule has 0 aliphatic carbocycles. The molecule has 2 aromatic rings. The van der Waals surface area contributed by atoms with Crippen LogP contribution in [0.4, 0.5) is 11.5 Å². The van der Waals surface area contributed by atoms with Crippen LogP contribution in [0.25, 0.3) is 6.08 Å². The summed E-state index contributed by atoms with van der Waals surface area (Å²) in [6.45, 7) is 1.73. The Morgan fingerprint density at radius 2 is 2.12 bits per heavy atom. The van der Waals surface area contributed by atoms with Gasteiger partial charge in [-0.1, -0.05) is 17.3 Å². The molecule has 2 aliphatic rings. The summed E-state index contributed by atoms with van der Waals surface area (Å²) < 4.78 is 4.75. The van der Waals surface area contributed by atoms with E-state index in [-0.39, 0.29) is 11.8 Å². The molecule has 1 N–H and O–H groups in total. The highest BCUT2D eigenvalue weighted by Gasteiger charge is 2.26. The predicted octanol–water partition coefficient (Wildman–Crippen LogP) is 3.13. The van der Waals surface area contributed by atoms with E-state index in [1.165, 1.54) is 23.1 Å². The lowest BCUT2D eigenvalue weighted by Gasteiger charge is -2.34. The largest absolute Gasteiger partial charge is 0.371 e. The van der Waals surface area contributed by atoms with Crippen LogP contribution >= 0.6 is 0 Å². The van der Waals surface area contributed by atoms with E-state index in [0.29, 0.717) is 5.82 Å². The van der Waals surface area contributed by atoms with Gasteiger partial charge in [-0.2, -0.15) is 0 Å². The minimum Gasteiger partial charge on any atom is -0.371 e. The summed E-state index contributed by atoms with van der Waals surface area (Å²) in [4.78, 5) is 19.0. The van der Waals surface area contributed by atoms with Gasteiger partial charge in [-0.15, -0.1) is 0 Å². The van der Waals surface area contributed by atoms with Gasteiger partial charge in [0.1, 0.15) is 6.26 Å². The lowest BCUT2D eigenvalue weighted by atomic mass is 9.94. The Bertz CT molecular complexity index is 803. The molecule has 1 aromatic carbocycles. The van der Waals surface area contributed by atoms with Gasteiger partial charge in [0, 0.05) is 55.2 Å². The second kappa shape index (κ2) is 6.93. The Labute approximate surface area is 146 Å². The Morgan fingerprint density at radius 1 is 1.24 bits per heavy atom. The van der Waals surface area contributed by atoms with Gasteiger partial charge in [-0.25, -0.2) is 0 Å². The first kappa shape index (κ1) is 15.6. The minimum atomic E-state index is 0.00846. The van der Waals surface area contributed by atoms with E-state index in [1.807, 2.05) is 12.4 Å². The number of rotatable bonds is 3. The van der Waals surface area contributed by atoms with Crippen molar-refractivity contribution in [3.8, 4) is 0 Å². The summed E-state index contributed by atoms with van der Waals surface area (Å²) in [5.41, 5.74) is 3.76. The van der Waals surface area contributed by atoms with E-state index in [1.54, 1.807) is 6.07 Å². The first-order valence-corrected chi connectivity index (χ1v) is 8.57. The molecule has 1 amide bonds. The average molecular weight is 336 g/mol. The van der Waals surface area contributed by atoms with Gasteiger partial charge in [0.2, 0.25) is 5.91 Å². The highest BCUT2D eigenvalue weighted by Crippen LogP contribution is 2.30. The van der Waals surface area contributed by atoms with Crippen molar-refractivity contribution in [2.75, 3.05) is 23.3 Å². The summed E-state index contributed by atoms with van der Waals surface area (Å²) in [5, 5.41) is 6.55. The van der Waals surface area contributed by atoms with E-state index in [4.69, 9.17) is 4.52 Å². The number of carbonyl (C=O) groups excluding carboxylic acids is 1. The average Bonchev–Trinajstić information content (AvgIpc) is 3.03. The molecule has 3 heterocycles. The van der Waals surface area contributed by atoms with Gasteiger partial charge in [0.05, 0.1) is 0 Å². The number of aromatic nitrogens is 1. The summed E-state index contributed by atoms with van der Waals surface area (Å²) in [7, 11) is 0. The van der Waals surface area contributed by atoms with E-state index >= 15 is 0 Å². The first-order chi connectivity index (χ1) is 12.3. The van der Waals surface area contributed by atoms with Crippen LogP contribution in [0, 0.1) is 5.92 Å². The highest BCUT2D eigenvalue weighted by molar-refractivity contribution is 5.91. The fourth-order valence-electron chi connectivity index (χ4n) is 3.46. The molecule has 2 aliphatic heterocycles. The maximum Gasteiger partial charge on any atom is 0.228 e. The van der Waals surface area contributed by atoms with Crippen LogP contribution in [-0.2, 0) is 11.2 Å². The van der Waals surface area contributed by atoms with Crippen LogP contribution in [0.1, 0.15) is 24.0 Å². The molecule has 0 saturated carbocycles. The molecular weight excluding hydrogens is 316 g/mol. The van der Waals surface area contributed by atoms with Crippen molar-refractivity contribution >= 4 is 29.7 Å². The molecule has 0 spiro atoms. The molecule has 1 aromatic heterocycles. The molecule has 1 fully saturated rings. The zero-order valence-corrected chi connectivity index (χ0v) is 13.9. The van der Waals surface area contributed by atoms with Crippen LogP contribution in [0.5, 0.6) is 0 Å². The van der Waals surface area contributed by atoms with Crippen LogP contribution < -0.4 is 10.2 Å². The van der Waals surface area contributed by atoms with Crippen LogP contribution in [0.3, 0.4) is 0 Å². The van der Waals surface area contributed by atoms with Crippen LogP contribution in [0.2, 0.25) is 0 Å².